The summed E-state index contributed by atoms with van der Waals surface area (Å²) < 4.78 is 9.83. The Morgan fingerprint density at radius 2 is 1.57 bits per heavy atom. The molecule has 0 aliphatic heterocycles. The van der Waals surface area contributed by atoms with Crippen molar-refractivity contribution in [2.45, 2.75) is 0 Å². The molecule has 1 aromatic carbocycles. The third-order valence-electron chi connectivity index (χ3n) is 1.81. The smallest absolute Gasteiger partial charge is 0.492 e. The molecule has 1 aromatic rings. The van der Waals surface area contributed by atoms with Crippen molar-refractivity contribution in [1.29, 1.82) is 0 Å². The monoisotopic (exact) mass is 198 g/mol. The van der Waals surface area contributed by atoms with E-state index in [-0.39, 0.29) is 11.2 Å². The summed E-state index contributed by atoms with van der Waals surface area (Å²) >= 11 is 0. The molecule has 0 atom stereocenters. The van der Waals surface area contributed by atoms with Crippen LogP contribution in [0.4, 0.5) is 0 Å². The van der Waals surface area contributed by atoms with Crippen molar-refractivity contribution in [3.05, 3.63) is 12.1 Å². The number of ether oxygens (including phenoxy) is 2. The summed E-state index contributed by atoms with van der Waals surface area (Å²) in [5.41, 5.74) is -0.0253. The van der Waals surface area contributed by atoms with E-state index >= 15 is 0 Å². The molecule has 0 aliphatic carbocycles. The molecule has 0 heterocycles. The second-order valence-electron chi connectivity index (χ2n) is 2.64. The van der Waals surface area contributed by atoms with Crippen LogP contribution < -0.4 is 14.9 Å². The number of rotatable bonds is 3. The molecule has 1 rings (SSSR count). The van der Waals surface area contributed by atoms with E-state index < -0.39 is 7.12 Å². The van der Waals surface area contributed by atoms with Crippen molar-refractivity contribution in [3.63, 3.8) is 0 Å². The van der Waals surface area contributed by atoms with Gasteiger partial charge in [0.25, 0.3) is 0 Å². The van der Waals surface area contributed by atoms with E-state index in [0.717, 1.165) is 0 Å². The Morgan fingerprint density at radius 3 is 2.00 bits per heavy atom. The van der Waals surface area contributed by atoms with E-state index in [4.69, 9.17) is 19.5 Å². The van der Waals surface area contributed by atoms with Gasteiger partial charge in [0.1, 0.15) is 5.75 Å². The molecule has 76 valence electrons. The third-order valence-corrected chi connectivity index (χ3v) is 1.81. The predicted octanol–water partition coefficient (Wildman–Crippen LogP) is -0.911. The first kappa shape index (κ1) is 10.7. The van der Waals surface area contributed by atoms with E-state index in [2.05, 4.69) is 0 Å². The van der Waals surface area contributed by atoms with Gasteiger partial charge in [-0.2, -0.15) is 0 Å². The molecule has 0 spiro atoms. The van der Waals surface area contributed by atoms with Crippen molar-refractivity contribution in [2.24, 2.45) is 0 Å². The Hall–Kier alpha value is -1.40. The minimum atomic E-state index is -1.74. The fourth-order valence-electron chi connectivity index (χ4n) is 1.09. The molecule has 0 saturated heterocycles. The van der Waals surface area contributed by atoms with Crippen molar-refractivity contribution < 1.29 is 24.6 Å². The highest BCUT2D eigenvalue weighted by molar-refractivity contribution is 6.59. The lowest BCUT2D eigenvalue weighted by molar-refractivity contribution is 0.351. The molecule has 14 heavy (non-hydrogen) atoms. The summed E-state index contributed by atoms with van der Waals surface area (Å²) in [6.45, 7) is 0. The lowest BCUT2D eigenvalue weighted by atomic mass is 9.79. The van der Waals surface area contributed by atoms with Crippen LogP contribution in [0.15, 0.2) is 12.1 Å². The number of hydrogen-bond donors (Lipinski definition) is 3. The van der Waals surface area contributed by atoms with Crippen molar-refractivity contribution in [3.8, 4) is 17.2 Å². The van der Waals surface area contributed by atoms with E-state index in [9.17, 15) is 5.11 Å². The fourth-order valence-corrected chi connectivity index (χ4v) is 1.09. The average molecular weight is 198 g/mol. The van der Waals surface area contributed by atoms with Gasteiger partial charge in [0.2, 0.25) is 0 Å². The summed E-state index contributed by atoms with van der Waals surface area (Å²) in [6, 6.07) is 2.56. The second-order valence-corrected chi connectivity index (χ2v) is 2.64. The molecule has 6 heteroatoms. The van der Waals surface area contributed by atoms with Crippen LogP contribution in [-0.4, -0.2) is 36.5 Å². The van der Waals surface area contributed by atoms with Gasteiger partial charge in [-0.05, 0) is 6.07 Å². The van der Waals surface area contributed by atoms with E-state index in [0.29, 0.717) is 11.5 Å². The van der Waals surface area contributed by atoms with E-state index in [1.807, 2.05) is 0 Å². The van der Waals surface area contributed by atoms with Crippen LogP contribution in [0.2, 0.25) is 0 Å². The fraction of sp³-hybridized carbons (Fsp3) is 0.250. The highest BCUT2D eigenvalue weighted by Gasteiger charge is 2.19. The minimum Gasteiger partial charge on any atom is -0.508 e. The summed E-state index contributed by atoms with van der Waals surface area (Å²) in [5, 5.41) is 27.1. The van der Waals surface area contributed by atoms with Crippen LogP contribution in [0.25, 0.3) is 0 Å². The van der Waals surface area contributed by atoms with E-state index in [1.54, 1.807) is 0 Å². The first-order valence-corrected chi connectivity index (χ1v) is 3.91. The highest BCUT2D eigenvalue weighted by atomic mass is 16.5. The normalized spacial score (nSPS) is 9.71. The molecule has 5 nitrogen and oxygen atoms in total. The molecule has 0 aromatic heterocycles. The molecule has 0 amide bonds. The highest BCUT2D eigenvalue weighted by Crippen LogP contribution is 2.28. The number of phenols is 1. The van der Waals surface area contributed by atoms with Gasteiger partial charge < -0.3 is 24.6 Å². The first-order chi connectivity index (χ1) is 6.60. The van der Waals surface area contributed by atoms with Crippen molar-refractivity contribution in [2.75, 3.05) is 14.2 Å². The van der Waals surface area contributed by atoms with Crippen LogP contribution >= 0.6 is 0 Å². The maximum Gasteiger partial charge on any atom is 0.492 e. The molecular weight excluding hydrogens is 187 g/mol. The Kier molecular flexibility index (Phi) is 3.21. The molecule has 3 N–H and O–H groups in total. The van der Waals surface area contributed by atoms with Crippen LogP contribution in [0.1, 0.15) is 0 Å². The number of methoxy groups -OCH3 is 2. The predicted molar refractivity (Wildman–Crippen MR) is 51.0 cm³/mol. The van der Waals surface area contributed by atoms with Crippen molar-refractivity contribution in [1.82, 2.24) is 0 Å². The van der Waals surface area contributed by atoms with Gasteiger partial charge in [-0.1, -0.05) is 0 Å². The molecule has 0 fully saturated rings. The van der Waals surface area contributed by atoms with Gasteiger partial charge in [-0.3, -0.25) is 0 Å². The van der Waals surface area contributed by atoms with Crippen molar-refractivity contribution >= 4 is 12.6 Å². The molecule has 0 aliphatic rings. The maximum absolute atomic E-state index is 9.36. The molecular formula is C8H11BO5. The Morgan fingerprint density at radius 1 is 1.07 bits per heavy atom. The summed E-state index contributed by atoms with van der Waals surface area (Å²) in [7, 11) is 1.10. The zero-order valence-corrected chi connectivity index (χ0v) is 7.89. The quantitative estimate of drug-likeness (QED) is 0.548. The average Bonchev–Trinajstić information content (AvgIpc) is 2.16. The molecule has 0 radical (unpaired) electrons. The molecule has 0 bridgehead atoms. The van der Waals surface area contributed by atoms with E-state index in [1.165, 1.54) is 26.4 Å². The van der Waals surface area contributed by atoms with Gasteiger partial charge in [-0.15, -0.1) is 0 Å². The zero-order chi connectivity index (χ0) is 10.7. The third kappa shape index (κ3) is 1.91. The number of hydrogen-bond acceptors (Lipinski definition) is 5. The minimum absolute atomic E-state index is 0.0253. The van der Waals surface area contributed by atoms with Gasteiger partial charge in [0.15, 0.2) is 11.5 Å². The lowest BCUT2D eigenvalue weighted by Crippen LogP contribution is -2.30. The molecule has 0 unspecified atom stereocenters. The van der Waals surface area contributed by atoms with Gasteiger partial charge >= 0.3 is 7.12 Å². The largest absolute Gasteiger partial charge is 0.508 e. The SMILES string of the molecule is COc1cc(O)c(B(O)O)cc1OC. The summed E-state index contributed by atoms with van der Waals surface area (Å²) in [5.74, 6) is 0.403. The maximum atomic E-state index is 9.36. The standard InChI is InChI=1S/C8H11BO5/c1-13-7-3-5(9(11)12)6(10)4-8(7)14-2/h3-4,10-12H,1-2H3. The van der Waals surface area contributed by atoms with Crippen LogP contribution in [0, 0.1) is 0 Å². The van der Waals surface area contributed by atoms with Crippen LogP contribution in [0.5, 0.6) is 17.2 Å². The Bertz CT molecular complexity index is 326. The van der Waals surface area contributed by atoms with Crippen LogP contribution in [0.3, 0.4) is 0 Å². The Labute approximate surface area is 81.7 Å². The number of benzene rings is 1. The van der Waals surface area contributed by atoms with Gasteiger partial charge in [0.05, 0.1) is 14.2 Å². The topological polar surface area (TPSA) is 79.2 Å². The number of phenolic OH excluding ortho intramolecular Hbond substituents is 1. The molecule has 0 saturated carbocycles. The van der Waals surface area contributed by atoms with Gasteiger partial charge in [0, 0.05) is 11.5 Å². The Balaban J connectivity index is 3.23. The summed E-state index contributed by atoms with van der Waals surface area (Å²) in [6.07, 6.45) is 0. The van der Waals surface area contributed by atoms with Gasteiger partial charge in [-0.25, -0.2) is 0 Å². The first-order valence-electron chi connectivity index (χ1n) is 3.91. The number of aromatic hydroxyl groups is 1. The zero-order valence-electron chi connectivity index (χ0n) is 7.89. The summed E-state index contributed by atoms with van der Waals surface area (Å²) in [4.78, 5) is 0. The second kappa shape index (κ2) is 4.21. The van der Waals surface area contributed by atoms with Crippen LogP contribution in [-0.2, 0) is 0 Å². The lowest BCUT2D eigenvalue weighted by Gasteiger charge is -2.10.